The van der Waals surface area contributed by atoms with Crippen molar-refractivity contribution < 1.29 is 0 Å². The largest absolute Gasteiger partial charge is 0.161 e. The van der Waals surface area contributed by atoms with E-state index < -0.39 is 0 Å². The molecule has 0 aliphatic heterocycles. The van der Waals surface area contributed by atoms with Crippen molar-refractivity contribution in [1.29, 1.82) is 0 Å². The molecule has 0 aliphatic rings. The van der Waals surface area contributed by atoms with E-state index in [9.17, 15) is 0 Å². The van der Waals surface area contributed by atoms with Crippen molar-refractivity contribution in [3.05, 3.63) is 0 Å². The van der Waals surface area contributed by atoms with Crippen molar-refractivity contribution in [3.63, 3.8) is 0 Å². The Morgan fingerprint density at radius 3 is 1.39 bits per heavy atom. The Balaban J connectivity index is 0. The molecule has 1 radical (unpaired) electrons. The van der Waals surface area contributed by atoms with Crippen LogP contribution in [0.15, 0.2) is 0 Å². The fourth-order valence-corrected chi connectivity index (χ4v) is 3.81. The SMILES string of the molecule is CCCCC(CC)CSCC(CC)CCCC.[Na]. The first-order valence-corrected chi connectivity index (χ1v) is 9.01. The molecule has 0 amide bonds. The van der Waals surface area contributed by atoms with Crippen LogP contribution in [0, 0.1) is 11.8 Å². The molecule has 0 rings (SSSR count). The van der Waals surface area contributed by atoms with Gasteiger partial charge in [0.2, 0.25) is 0 Å². The number of unbranched alkanes of at least 4 members (excludes halogenated alkanes) is 2. The van der Waals surface area contributed by atoms with Crippen LogP contribution < -0.4 is 0 Å². The van der Waals surface area contributed by atoms with Gasteiger partial charge in [0.25, 0.3) is 0 Å². The topological polar surface area (TPSA) is 0 Å². The van der Waals surface area contributed by atoms with Gasteiger partial charge in [0, 0.05) is 29.6 Å². The van der Waals surface area contributed by atoms with Gasteiger partial charge in [-0.1, -0.05) is 66.2 Å². The number of rotatable bonds is 12. The van der Waals surface area contributed by atoms with Crippen LogP contribution in [-0.2, 0) is 0 Å². The van der Waals surface area contributed by atoms with E-state index in [4.69, 9.17) is 0 Å². The molecule has 0 aliphatic carbocycles. The second-order valence-corrected chi connectivity index (χ2v) is 6.45. The van der Waals surface area contributed by atoms with E-state index in [1.54, 1.807) is 0 Å². The zero-order chi connectivity index (χ0) is 12.9. The van der Waals surface area contributed by atoms with E-state index in [-0.39, 0.29) is 29.6 Å². The molecule has 0 aromatic rings. The van der Waals surface area contributed by atoms with E-state index in [2.05, 4.69) is 39.5 Å². The minimum Gasteiger partial charge on any atom is -0.161 e. The van der Waals surface area contributed by atoms with Crippen LogP contribution in [0.4, 0.5) is 0 Å². The molecule has 0 bridgehead atoms. The van der Waals surface area contributed by atoms with Gasteiger partial charge in [-0.3, -0.25) is 0 Å². The van der Waals surface area contributed by atoms with Crippen LogP contribution in [0.25, 0.3) is 0 Å². The van der Waals surface area contributed by atoms with Crippen molar-refractivity contribution in [2.45, 2.75) is 79.1 Å². The Kier molecular flexibility index (Phi) is 19.7. The minimum absolute atomic E-state index is 0. The molecule has 0 fully saturated rings. The molecule has 0 aromatic heterocycles. The molecule has 0 nitrogen and oxygen atoms in total. The molecule has 0 aromatic carbocycles. The van der Waals surface area contributed by atoms with Crippen LogP contribution in [0.2, 0.25) is 0 Å². The number of thioether (sulfide) groups is 1. The third-order valence-corrected chi connectivity index (χ3v) is 5.21. The number of hydrogen-bond acceptors (Lipinski definition) is 1. The van der Waals surface area contributed by atoms with E-state index in [1.165, 1.54) is 62.9 Å². The summed E-state index contributed by atoms with van der Waals surface area (Å²) in [6.07, 6.45) is 11.2. The van der Waals surface area contributed by atoms with Gasteiger partial charge in [0.1, 0.15) is 0 Å². The summed E-state index contributed by atoms with van der Waals surface area (Å²) in [5.74, 6) is 4.75. The third-order valence-electron chi connectivity index (χ3n) is 3.79. The molecule has 0 spiro atoms. The maximum Gasteiger partial charge on any atom is 0 e. The first-order valence-electron chi connectivity index (χ1n) is 7.86. The van der Waals surface area contributed by atoms with Crippen molar-refractivity contribution in [2.75, 3.05) is 11.5 Å². The van der Waals surface area contributed by atoms with Crippen LogP contribution in [0.3, 0.4) is 0 Å². The van der Waals surface area contributed by atoms with Crippen LogP contribution >= 0.6 is 11.8 Å². The van der Waals surface area contributed by atoms with Gasteiger partial charge in [0.15, 0.2) is 0 Å². The standard InChI is InChI=1S/C16H34S.Na/c1-5-9-11-15(7-3)13-17-14-16(8-4)12-10-6-2;/h15-16H,5-14H2,1-4H3;. The predicted octanol–water partition coefficient (Wildman–Crippen LogP) is 5.77. The molecule has 0 saturated heterocycles. The summed E-state index contributed by atoms with van der Waals surface area (Å²) in [6.45, 7) is 9.32. The van der Waals surface area contributed by atoms with Crippen molar-refractivity contribution in [3.8, 4) is 0 Å². The summed E-state index contributed by atoms with van der Waals surface area (Å²) >= 11 is 2.22. The predicted molar refractivity (Wildman–Crippen MR) is 89.7 cm³/mol. The van der Waals surface area contributed by atoms with E-state index >= 15 is 0 Å². The molecule has 2 heteroatoms. The fourth-order valence-electron chi connectivity index (χ4n) is 2.20. The second kappa shape index (κ2) is 16.4. The average Bonchev–Trinajstić information content (AvgIpc) is 2.37. The Bertz CT molecular complexity index is 134. The molecule has 0 N–H and O–H groups in total. The summed E-state index contributed by atoms with van der Waals surface area (Å²) in [4.78, 5) is 0. The monoisotopic (exact) mass is 281 g/mol. The van der Waals surface area contributed by atoms with E-state index in [0.717, 1.165) is 11.8 Å². The van der Waals surface area contributed by atoms with Crippen LogP contribution in [0.5, 0.6) is 0 Å². The number of hydrogen-bond donors (Lipinski definition) is 0. The zero-order valence-corrected chi connectivity index (χ0v) is 16.5. The average molecular weight is 282 g/mol. The van der Waals surface area contributed by atoms with Crippen molar-refractivity contribution >= 4 is 41.3 Å². The second-order valence-electron chi connectivity index (χ2n) is 5.37. The van der Waals surface area contributed by atoms with Gasteiger partial charge in [-0.25, -0.2) is 0 Å². The first-order chi connectivity index (χ1) is 8.28. The maximum atomic E-state index is 2.36. The smallest absolute Gasteiger partial charge is 0 e. The quantitative estimate of drug-likeness (QED) is 0.409. The van der Waals surface area contributed by atoms with Crippen LogP contribution in [-0.4, -0.2) is 41.1 Å². The van der Waals surface area contributed by atoms with Crippen molar-refractivity contribution in [1.82, 2.24) is 0 Å². The summed E-state index contributed by atoms with van der Waals surface area (Å²) in [5.41, 5.74) is 0. The Hall–Kier alpha value is 1.35. The minimum atomic E-state index is 0. The van der Waals surface area contributed by atoms with Gasteiger partial charge < -0.3 is 0 Å². The summed E-state index contributed by atoms with van der Waals surface area (Å²) in [5, 5.41) is 0. The fraction of sp³-hybridized carbons (Fsp3) is 1.00. The van der Waals surface area contributed by atoms with Gasteiger partial charge in [0.05, 0.1) is 0 Å². The maximum absolute atomic E-state index is 2.36. The summed E-state index contributed by atoms with van der Waals surface area (Å²) in [6, 6.07) is 0. The summed E-state index contributed by atoms with van der Waals surface area (Å²) in [7, 11) is 0. The third kappa shape index (κ3) is 12.4. The molecule has 0 saturated carbocycles. The Labute approximate surface area is 143 Å². The molecule has 18 heavy (non-hydrogen) atoms. The molecular formula is C16H34NaS. The van der Waals surface area contributed by atoms with E-state index in [1.807, 2.05) is 0 Å². The van der Waals surface area contributed by atoms with Gasteiger partial charge in [-0.2, -0.15) is 11.8 Å². The zero-order valence-electron chi connectivity index (χ0n) is 13.6. The Morgan fingerprint density at radius 2 is 1.11 bits per heavy atom. The normalized spacial score (nSPS) is 14.0. The molecule has 0 heterocycles. The van der Waals surface area contributed by atoms with Crippen LogP contribution in [0.1, 0.15) is 79.1 Å². The van der Waals surface area contributed by atoms with Gasteiger partial charge >= 0.3 is 0 Å². The van der Waals surface area contributed by atoms with Crippen molar-refractivity contribution in [2.24, 2.45) is 11.8 Å². The summed E-state index contributed by atoms with van der Waals surface area (Å²) < 4.78 is 0. The molecule has 105 valence electrons. The van der Waals surface area contributed by atoms with Gasteiger partial charge in [-0.15, -0.1) is 0 Å². The Morgan fingerprint density at radius 1 is 0.722 bits per heavy atom. The molecular weight excluding hydrogens is 247 g/mol. The van der Waals surface area contributed by atoms with E-state index in [0.29, 0.717) is 0 Å². The molecule has 2 unspecified atom stereocenters. The molecule has 2 atom stereocenters. The first kappa shape index (κ1) is 21.6. The van der Waals surface area contributed by atoms with Gasteiger partial charge in [-0.05, 0) is 36.2 Å².